The van der Waals surface area contributed by atoms with Gasteiger partial charge in [-0.3, -0.25) is 11.3 Å². The number of aliphatic hydroxyl groups excluding tert-OH is 1. The molecule has 0 saturated carbocycles. The van der Waals surface area contributed by atoms with Crippen LogP contribution >= 0.6 is 0 Å². The second kappa shape index (κ2) is 8.62. The van der Waals surface area contributed by atoms with Crippen LogP contribution in [0.5, 0.6) is 0 Å². The Kier molecular flexibility index (Phi) is 6.22. The van der Waals surface area contributed by atoms with Crippen molar-refractivity contribution < 1.29 is 15.3 Å². The molecule has 2 aromatic rings. The highest BCUT2D eigenvalue weighted by molar-refractivity contribution is 5.94. The molecular weight excluding hydrogens is 294 g/mol. The Morgan fingerprint density at radius 2 is 1.91 bits per heavy atom. The van der Waals surface area contributed by atoms with Crippen LogP contribution in [0.1, 0.15) is 16.7 Å². The van der Waals surface area contributed by atoms with E-state index in [0.29, 0.717) is 13.2 Å². The zero-order chi connectivity index (χ0) is 16.5. The molecule has 0 aliphatic carbocycles. The van der Waals surface area contributed by atoms with Crippen molar-refractivity contribution in [3.8, 4) is 0 Å². The highest BCUT2D eigenvalue weighted by atomic mass is 16.6. The van der Waals surface area contributed by atoms with Gasteiger partial charge in [-0.25, -0.2) is 0 Å². The van der Waals surface area contributed by atoms with Crippen LogP contribution in [0.2, 0.25) is 0 Å². The minimum absolute atomic E-state index is 0.274. The predicted molar refractivity (Wildman–Crippen MR) is 87.2 cm³/mol. The molecule has 0 fully saturated rings. The Bertz CT molecular complexity index is 670. The first-order valence-electron chi connectivity index (χ1n) is 7.07. The molecule has 0 bridgehead atoms. The number of nitrogens with one attached hydrogen (secondary N) is 1. The Morgan fingerprint density at radius 1 is 1.17 bits per heavy atom. The monoisotopic (exact) mass is 314 g/mol. The van der Waals surface area contributed by atoms with Crippen LogP contribution in [0, 0.1) is 0 Å². The maximum absolute atomic E-state index is 8.68. The van der Waals surface area contributed by atoms with Gasteiger partial charge in [0.1, 0.15) is 6.79 Å². The first kappa shape index (κ1) is 16.6. The predicted octanol–water partition coefficient (Wildman–Crippen LogP) is 0.597. The third-order valence-corrected chi connectivity index (χ3v) is 3.19. The second-order valence-corrected chi connectivity index (χ2v) is 4.83. The maximum Gasteiger partial charge on any atom is 0.350 e. The fraction of sp³-hybridized carbons (Fsp3) is 0.188. The first-order chi connectivity index (χ1) is 11.2. The summed E-state index contributed by atoms with van der Waals surface area (Å²) in [5, 5.41) is 24.5. The van der Waals surface area contributed by atoms with Crippen molar-refractivity contribution in [2.45, 2.75) is 13.2 Å². The number of benzene rings is 2. The van der Waals surface area contributed by atoms with E-state index in [1.54, 1.807) is 0 Å². The molecule has 120 valence electrons. The van der Waals surface area contributed by atoms with E-state index in [1.807, 2.05) is 48.5 Å². The summed E-state index contributed by atoms with van der Waals surface area (Å²) in [7, 11) is 0. The molecule has 0 unspecified atom stereocenters. The number of rotatable bonds is 7. The first-order valence-corrected chi connectivity index (χ1v) is 7.07. The normalized spacial score (nSPS) is 10.8. The van der Waals surface area contributed by atoms with Crippen molar-refractivity contribution in [1.29, 1.82) is 0 Å². The summed E-state index contributed by atoms with van der Waals surface area (Å²) in [6.45, 7) is 0.788. The number of nitrogens with zero attached hydrogens (tertiary/aromatic N) is 2. The van der Waals surface area contributed by atoms with Crippen molar-refractivity contribution >= 4 is 11.5 Å². The van der Waals surface area contributed by atoms with Crippen LogP contribution in [-0.4, -0.2) is 17.7 Å². The summed E-state index contributed by atoms with van der Waals surface area (Å²) in [6.07, 6.45) is 0. The average molecular weight is 314 g/mol. The summed E-state index contributed by atoms with van der Waals surface area (Å²) in [5.74, 6) is 5.25. The zero-order valence-corrected chi connectivity index (χ0v) is 12.6. The molecule has 0 radical (unpaired) electrons. The Hall–Kier alpha value is -2.77. The molecule has 0 amide bonds. The van der Waals surface area contributed by atoms with Crippen molar-refractivity contribution in [2.75, 3.05) is 12.1 Å². The summed E-state index contributed by atoms with van der Waals surface area (Å²) < 4.78 is 4.99. The zero-order valence-electron chi connectivity index (χ0n) is 12.6. The summed E-state index contributed by atoms with van der Waals surface area (Å²) in [4.78, 5) is 0. The van der Waals surface area contributed by atoms with E-state index >= 15 is 0 Å². The Labute approximate surface area is 134 Å². The van der Waals surface area contributed by atoms with Crippen molar-refractivity contribution in [3.63, 3.8) is 0 Å². The van der Waals surface area contributed by atoms with Crippen LogP contribution in [0.15, 0.2) is 58.9 Å². The molecule has 23 heavy (non-hydrogen) atoms. The van der Waals surface area contributed by atoms with Gasteiger partial charge in [0, 0.05) is 17.5 Å². The number of amidine groups is 1. The van der Waals surface area contributed by atoms with E-state index in [0.717, 1.165) is 22.4 Å². The van der Waals surface area contributed by atoms with E-state index in [1.165, 1.54) is 0 Å². The fourth-order valence-corrected chi connectivity index (χ4v) is 2.08. The molecule has 6 N–H and O–H groups in total. The quantitative estimate of drug-likeness (QED) is 0.149. The van der Waals surface area contributed by atoms with E-state index in [2.05, 4.69) is 15.7 Å². The molecule has 0 spiro atoms. The molecule has 0 saturated heterocycles. The number of nitrogens with two attached hydrogens (primary N) is 2. The van der Waals surface area contributed by atoms with E-state index in [-0.39, 0.29) is 12.6 Å². The van der Waals surface area contributed by atoms with Gasteiger partial charge in [0.25, 0.3) is 0 Å². The molecule has 0 aliphatic heterocycles. The summed E-state index contributed by atoms with van der Waals surface area (Å²) >= 11 is 0. The largest absolute Gasteiger partial charge is 0.381 e. The van der Waals surface area contributed by atoms with Crippen LogP contribution < -0.4 is 16.6 Å². The molecule has 0 aromatic heterocycles. The molecule has 0 heterocycles. The second-order valence-electron chi connectivity index (χ2n) is 4.83. The van der Waals surface area contributed by atoms with E-state index in [4.69, 9.17) is 21.1 Å². The van der Waals surface area contributed by atoms with Crippen LogP contribution in [-0.2, 0) is 17.9 Å². The molecular formula is C16H20N5O2+. The molecule has 2 aromatic carbocycles. The van der Waals surface area contributed by atoms with Gasteiger partial charge in [-0.05, 0) is 35.4 Å². The van der Waals surface area contributed by atoms with Crippen molar-refractivity contribution in [1.82, 2.24) is 0 Å². The molecule has 7 heteroatoms. The minimum atomic E-state index is -0.279. The number of aliphatic hydroxyl groups is 1. The third kappa shape index (κ3) is 5.17. The standard InChI is InChI=1S/C16H19N5O2/c17-16(20-21-18)14-4-6-15(7-5-14)19-9-12-2-1-3-13(8-12)10-23-11-22/h1-8,19,22H,9-11H2,(H3,17,18,20)/p+1. The minimum Gasteiger partial charge on any atom is -0.381 e. The lowest BCUT2D eigenvalue weighted by molar-refractivity contribution is -0.114. The van der Waals surface area contributed by atoms with Crippen LogP contribution in [0.25, 0.3) is 0 Å². The van der Waals surface area contributed by atoms with Crippen molar-refractivity contribution in [3.05, 3.63) is 65.2 Å². The van der Waals surface area contributed by atoms with Gasteiger partial charge in [0.05, 0.1) is 17.3 Å². The number of ether oxygens (including phenoxy) is 1. The number of hydrogen-bond acceptors (Lipinski definition) is 4. The van der Waals surface area contributed by atoms with Gasteiger partial charge < -0.3 is 15.2 Å². The van der Waals surface area contributed by atoms with Gasteiger partial charge in [0.2, 0.25) is 0 Å². The highest BCUT2D eigenvalue weighted by Gasteiger charge is 2.07. The van der Waals surface area contributed by atoms with Gasteiger partial charge in [-0.15, -0.1) is 0 Å². The van der Waals surface area contributed by atoms with Crippen LogP contribution in [0.4, 0.5) is 5.69 Å². The smallest absolute Gasteiger partial charge is 0.350 e. The third-order valence-electron chi connectivity index (χ3n) is 3.19. The molecule has 2 rings (SSSR count). The van der Waals surface area contributed by atoms with Gasteiger partial charge >= 0.3 is 5.84 Å². The lowest BCUT2D eigenvalue weighted by atomic mass is 10.1. The Morgan fingerprint density at radius 3 is 2.61 bits per heavy atom. The van der Waals surface area contributed by atoms with Crippen LogP contribution in [0.3, 0.4) is 0 Å². The average Bonchev–Trinajstić information content (AvgIpc) is 2.59. The lowest BCUT2D eigenvalue weighted by Crippen LogP contribution is -2.38. The summed E-state index contributed by atoms with van der Waals surface area (Å²) in [5.41, 5.74) is 3.86. The summed E-state index contributed by atoms with van der Waals surface area (Å²) in [6, 6.07) is 15.5. The van der Waals surface area contributed by atoms with Gasteiger partial charge in [-0.1, -0.05) is 24.3 Å². The van der Waals surface area contributed by atoms with Gasteiger partial charge in [0.15, 0.2) is 0 Å². The van der Waals surface area contributed by atoms with E-state index in [9.17, 15) is 0 Å². The highest BCUT2D eigenvalue weighted by Crippen LogP contribution is 2.13. The molecule has 0 atom stereocenters. The van der Waals surface area contributed by atoms with E-state index < -0.39 is 0 Å². The maximum atomic E-state index is 8.68. The Balaban J connectivity index is 1.94. The molecule has 7 nitrogen and oxygen atoms in total. The van der Waals surface area contributed by atoms with Gasteiger partial charge in [-0.2, -0.15) is 0 Å². The fourth-order valence-electron chi connectivity index (χ4n) is 2.08. The van der Waals surface area contributed by atoms with Crippen molar-refractivity contribution in [2.24, 2.45) is 16.2 Å². The lowest BCUT2D eigenvalue weighted by Gasteiger charge is -2.08. The SMILES string of the molecule is NN=NC(=[NH2+])c1ccc(NCc2cccc(COCO)c2)cc1. The number of anilines is 1. The number of hydrogen-bond donors (Lipinski definition) is 4. The molecule has 0 aliphatic rings. The topological polar surface area (TPSA) is 118 Å².